The van der Waals surface area contributed by atoms with Gasteiger partial charge in [-0.15, -0.1) is 0 Å². The first kappa shape index (κ1) is 14.8. The van der Waals surface area contributed by atoms with Gasteiger partial charge in [-0.2, -0.15) is 0 Å². The van der Waals surface area contributed by atoms with Gasteiger partial charge in [-0.25, -0.2) is 8.42 Å². The van der Waals surface area contributed by atoms with Crippen molar-refractivity contribution in [1.29, 1.82) is 0 Å². The Morgan fingerprint density at radius 2 is 2.15 bits per heavy atom. The lowest BCUT2D eigenvalue weighted by Crippen LogP contribution is -2.27. The van der Waals surface area contributed by atoms with Crippen LogP contribution < -0.4 is 14.9 Å². The number of hydrogen-bond acceptors (Lipinski definition) is 4. The number of nitrogens with zero attached hydrogens (tertiary/aromatic N) is 1. The van der Waals surface area contributed by atoms with Crippen LogP contribution in [0.15, 0.2) is 18.2 Å². The summed E-state index contributed by atoms with van der Waals surface area (Å²) in [4.78, 5) is 11.6. The number of carbonyl (C=O) groups is 1. The molecule has 0 aliphatic carbocycles. The summed E-state index contributed by atoms with van der Waals surface area (Å²) in [6, 6.07) is 5.30. The molecular weight excluding hydrogens is 278 g/mol. The standard InChI is InChI=1S/C13H19N3O3S/c1-10-4-5-11(15-13(17)9-14-2)8-12(10)16-6-3-7-20(16,18)19/h4-5,8,14H,3,6-7,9H2,1-2H3,(H,15,17). The van der Waals surface area contributed by atoms with Gasteiger partial charge >= 0.3 is 0 Å². The molecule has 1 amide bonds. The zero-order valence-electron chi connectivity index (χ0n) is 11.6. The van der Waals surface area contributed by atoms with Crippen LogP contribution in [0.25, 0.3) is 0 Å². The van der Waals surface area contributed by atoms with Gasteiger partial charge in [0.1, 0.15) is 0 Å². The lowest BCUT2D eigenvalue weighted by molar-refractivity contribution is -0.115. The lowest BCUT2D eigenvalue weighted by Gasteiger charge is -2.20. The molecular formula is C13H19N3O3S. The molecule has 0 unspecified atom stereocenters. The van der Waals surface area contributed by atoms with Crippen molar-refractivity contribution in [3.8, 4) is 0 Å². The van der Waals surface area contributed by atoms with E-state index < -0.39 is 10.0 Å². The summed E-state index contributed by atoms with van der Waals surface area (Å²) in [5.41, 5.74) is 2.12. The number of benzene rings is 1. The van der Waals surface area contributed by atoms with Gasteiger partial charge in [0.05, 0.1) is 18.0 Å². The molecule has 1 aliphatic rings. The van der Waals surface area contributed by atoms with E-state index in [1.165, 1.54) is 4.31 Å². The number of rotatable bonds is 4. The molecule has 1 aromatic carbocycles. The van der Waals surface area contributed by atoms with Crippen LogP contribution in [0.2, 0.25) is 0 Å². The Hall–Kier alpha value is -1.60. The summed E-state index contributed by atoms with van der Waals surface area (Å²) in [6.45, 7) is 2.57. The quantitative estimate of drug-likeness (QED) is 0.857. The van der Waals surface area contributed by atoms with Crippen molar-refractivity contribution in [2.75, 3.05) is 35.5 Å². The predicted molar refractivity (Wildman–Crippen MR) is 79.5 cm³/mol. The maximum absolute atomic E-state index is 12.0. The number of hydrogen-bond donors (Lipinski definition) is 2. The van der Waals surface area contributed by atoms with E-state index in [-0.39, 0.29) is 18.2 Å². The van der Waals surface area contributed by atoms with E-state index in [1.807, 2.05) is 13.0 Å². The largest absolute Gasteiger partial charge is 0.325 e. The van der Waals surface area contributed by atoms with E-state index in [0.29, 0.717) is 24.3 Å². The average molecular weight is 297 g/mol. The van der Waals surface area contributed by atoms with E-state index in [0.717, 1.165) is 5.56 Å². The molecule has 0 atom stereocenters. The van der Waals surface area contributed by atoms with Crippen LogP contribution in [0.4, 0.5) is 11.4 Å². The van der Waals surface area contributed by atoms with Crippen LogP contribution >= 0.6 is 0 Å². The molecule has 7 heteroatoms. The predicted octanol–water partition coefficient (Wildman–Crippen LogP) is 0.693. The Morgan fingerprint density at radius 3 is 2.75 bits per heavy atom. The molecule has 0 bridgehead atoms. The van der Waals surface area contributed by atoms with Crippen molar-refractivity contribution in [3.63, 3.8) is 0 Å². The van der Waals surface area contributed by atoms with E-state index in [9.17, 15) is 13.2 Å². The second-order valence-corrected chi connectivity index (χ2v) is 6.83. The van der Waals surface area contributed by atoms with E-state index in [1.54, 1.807) is 19.2 Å². The monoisotopic (exact) mass is 297 g/mol. The van der Waals surface area contributed by atoms with Gasteiger partial charge in [0, 0.05) is 12.2 Å². The number of aryl methyl sites for hydroxylation is 1. The highest BCUT2D eigenvalue weighted by Crippen LogP contribution is 2.29. The SMILES string of the molecule is CNCC(=O)Nc1ccc(C)c(N2CCCS2(=O)=O)c1. The Bertz CT molecular complexity index is 613. The first-order chi connectivity index (χ1) is 9.44. The normalized spacial score (nSPS) is 17.2. The molecule has 1 aliphatic heterocycles. The number of amides is 1. The lowest BCUT2D eigenvalue weighted by atomic mass is 10.1. The average Bonchev–Trinajstić information content (AvgIpc) is 2.72. The molecule has 0 spiro atoms. The van der Waals surface area contributed by atoms with Crippen molar-refractivity contribution < 1.29 is 13.2 Å². The van der Waals surface area contributed by atoms with Crippen molar-refractivity contribution >= 4 is 27.3 Å². The highest BCUT2D eigenvalue weighted by atomic mass is 32.2. The minimum absolute atomic E-state index is 0.161. The number of nitrogens with one attached hydrogen (secondary N) is 2. The number of likely N-dealkylation sites (N-methyl/N-ethyl adjacent to an activating group) is 1. The number of sulfonamides is 1. The topological polar surface area (TPSA) is 78.5 Å². The fourth-order valence-corrected chi connectivity index (χ4v) is 3.85. The molecule has 2 N–H and O–H groups in total. The Labute approximate surface area is 119 Å². The highest BCUT2D eigenvalue weighted by molar-refractivity contribution is 7.93. The summed E-state index contributed by atoms with van der Waals surface area (Å²) >= 11 is 0. The van der Waals surface area contributed by atoms with Gasteiger partial charge in [-0.3, -0.25) is 9.10 Å². The summed E-state index contributed by atoms with van der Waals surface area (Å²) < 4.78 is 25.4. The maximum atomic E-state index is 12.0. The van der Waals surface area contributed by atoms with Gasteiger partial charge in [0.2, 0.25) is 15.9 Å². The molecule has 2 rings (SSSR count). The van der Waals surface area contributed by atoms with Crippen LogP contribution in [0.5, 0.6) is 0 Å². The fourth-order valence-electron chi connectivity index (χ4n) is 2.23. The van der Waals surface area contributed by atoms with Gasteiger partial charge in [-0.05, 0) is 38.1 Å². The Morgan fingerprint density at radius 1 is 1.40 bits per heavy atom. The van der Waals surface area contributed by atoms with Crippen molar-refractivity contribution in [3.05, 3.63) is 23.8 Å². The molecule has 6 nitrogen and oxygen atoms in total. The summed E-state index contributed by atoms with van der Waals surface area (Å²) in [7, 11) is -1.52. The van der Waals surface area contributed by atoms with Crippen LogP contribution in [0, 0.1) is 6.92 Å². The zero-order valence-corrected chi connectivity index (χ0v) is 12.5. The van der Waals surface area contributed by atoms with Crippen LogP contribution in [0.1, 0.15) is 12.0 Å². The Balaban J connectivity index is 2.28. The second-order valence-electron chi connectivity index (χ2n) is 4.82. The number of carbonyl (C=O) groups excluding carboxylic acids is 1. The first-order valence-electron chi connectivity index (χ1n) is 6.49. The molecule has 1 fully saturated rings. The molecule has 20 heavy (non-hydrogen) atoms. The van der Waals surface area contributed by atoms with E-state index >= 15 is 0 Å². The highest BCUT2D eigenvalue weighted by Gasteiger charge is 2.29. The van der Waals surface area contributed by atoms with Crippen LogP contribution in [0.3, 0.4) is 0 Å². The second kappa shape index (κ2) is 5.80. The van der Waals surface area contributed by atoms with Gasteiger partial charge in [-0.1, -0.05) is 6.07 Å². The number of anilines is 2. The van der Waals surface area contributed by atoms with Crippen LogP contribution in [-0.2, 0) is 14.8 Å². The summed E-state index contributed by atoms with van der Waals surface area (Å²) in [5, 5.41) is 5.50. The summed E-state index contributed by atoms with van der Waals surface area (Å²) in [5.74, 6) is 0.0227. The van der Waals surface area contributed by atoms with E-state index in [4.69, 9.17) is 0 Å². The fraction of sp³-hybridized carbons (Fsp3) is 0.462. The van der Waals surface area contributed by atoms with Gasteiger partial charge < -0.3 is 10.6 Å². The van der Waals surface area contributed by atoms with Crippen molar-refractivity contribution in [2.24, 2.45) is 0 Å². The third kappa shape index (κ3) is 3.10. The third-order valence-corrected chi connectivity index (χ3v) is 5.05. The van der Waals surface area contributed by atoms with Crippen LogP contribution in [-0.4, -0.2) is 40.2 Å². The first-order valence-corrected chi connectivity index (χ1v) is 8.10. The molecule has 110 valence electrons. The maximum Gasteiger partial charge on any atom is 0.238 e. The smallest absolute Gasteiger partial charge is 0.238 e. The third-order valence-electron chi connectivity index (χ3n) is 3.20. The molecule has 0 saturated carbocycles. The van der Waals surface area contributed by atoms with Gasteiger partial charge in [0.15, 0.2) is 0 Å². The molecule has 0 aromatic heterocycles. The molecule has 1 saturated heterocycles. The summed E-state index contributed by atoms with van der Waals surface area (Å²) in [6.07, 6.45) is 0.637. The molecule has 0 radical (unpaired) electrons. The zero-order chi connectivity index (χ0) is 14.8. The Kier molecular flexibility index (Phi) is 4.29. The van der Waals surface area contributed by atoms with Crippen molar-refractivity contribution in [2.45, 2.75) is 13.3 Å². The van der Waals surface area contributed by atoms with Gasteiger partial charge in [0.25, 0.3) is 0 Å². The minimum Gasteiger partial charge on any atom is -0.325 e. The molecule has 1 heterocycles. The molecule has 1 aromatic rings. The van der Waals surface area contributed by atoms with Crippen molar-refractivity contribution in [1.82, 2.24) is 5.32 Å². The van der Waals surface area contributed by atoms with E-state index in [2.05, 4.69) is 10.6 Å². The minimum atomic E-state index is -3.21.